The highest BCUT2D eigenvalue weighted by molar-refractivity contribution is 9.10. The number of thiophene rings is 1. The molecule has 3 heterocycles. The van der Waals surface area contributed by atoms with Crippen molar-refractivity contribution in [1.29, 1.82) is 0 Å². The minimum Gasteiger partial charge on any atom is -0.351 e. The Bertz CT molecular complexity index is 818. The van der Waals surface area contributed by atoms with Gasteiger partial charge >= 0.3 is 6.18 Å². The zero-order valence-electron chi connectivity index (χ0n) is 11.5. The molecule has 0 saturated carbocycles. The van der Waals surface area contributed by atoms with E-state index in [9.17, 15) is 13.2 Å². The van der Waals surface area contributed by atoms with E-state index in [-0.39, 0.29) is 5.13 Å². The molecule has 3 aromatic rings. The topological polar surface area (TPSA) is 76.7 Å². The summed E-state index contributed by atoms with van der Waals surface area (Å²) in [5.74, 6) is 1.25. The first-order chi connectivity index (χ1) is 11.4. The van der Waals surface area contributed by atoms with E-state index in [0.717, 1.165) is 20.7 Å². The van der Waals surface area contributed by atoms with Crippen LogP contribution in [-0.2, 0) is 5.75 Å². The fourth-order valence-corrected chi connectivity index (χ4v) is 4.42. The standard InChI is InChI=1S/C11H7BrF3N5OS3/c12-5-1-6(22-2-5)8-17-7(21-20-8)3-23-10-19-18-9(24-10)16-4-11(13,14)15/h1-2H,3-4H2,(H,16,18). The number of nitrogens with zero attached hydrogens (tertiary/aromatic N) is 4. The molecule has 0 radical (unpaired) electrons. The Morgan fingerprint density at radius 1 is 1.33 bits per heavy atom. The smallest absolute Gasteiger partial charge is 0.351 e. The van der Waals surface area contributed by atoms with Crippen LogP contribution >= 0.6 is 50.4 Å². The van der Waals surface area contributed by atoms with Crippen LogP contribution in [0.3, 0.4) is 0 Å². The zero-order chi connectivity index (χ0) is 17.2. The van der Waals surface area contributed by atoms with Crippen molar-refractivity contribution < 1.29 is 17.7 Å². The first-order valence-corrected chi connectivity index (χ1v) is 9.70. The van der Waals surface area contributed by atoms with Crippen LogP contribution in [0.15, 0.2) is 24.8 Å². The molecule has 0 aliphatic rings. The Morgan fingerprint density at radius 3 is 2.88 bits per heavy atom. The molecule has 0 unspecified atom stereocenters. The number of hydrogen-bond donors (Lipinski definition) is 1. The van der Waals surface area contributed by atoms with Crippen LogP contribution in [0.1, 0.15) is 5.89 Å². The van der Waals surface area contributed by atoms with Gasteiger partial charge < -0.3 is 9.84 Å². The summed E-state index contributed by atoms with van der Waals surface area (Å²) in [5.41, 5.74) is 0. The highest BCUT2D eigenvalue weighted by atomic mass is 79.9. The Hall–Kier alpha value is -1.18. The average molecular weight is 458 g/mol. The molecule has 0 aliphatic heterocycles. The predicted octanol–water partition coefficient (Wildman–Crippen LogP) is 4.68. The SMILES string of the molecule is FC(F)(F)CNc1nnc(SCc2nc(-c3cc(Br)cs3)no2)s1. The van der Waals surface area contributed by atoms with E-state index < -0.39 is 12.7 Å². The van der Waals surface area contributed by atoms with E-state index in [0.29, 0.717) is 21.8 Å². The maximum Gasteiger partial charge on any atom is 0.405 e. The van der Waals surface area contributed by atoms with E-state index in [2.05, 4.69) is 41.6 Å². The van der Waals surface area contributed by atoms with Crippen molar-refractivity contribution in [2.45, 2.75) is 16.3 Å². The summed E-state index contributed by atoms with van der Waals surface area (Å²) in [4.78, 5) is 5.14. The molecule has 128 valence electrons. The number of hydrogen-bond acceptors (Lipinski definition) is 9. The number of rotatable bonds is 6. The van der Waals surface area contributed by atoms with Gasteiger partial charge in [-0.2, -0.15) is 18.2 Å². The lowest BCUT2D eigenvalue weighted by atomic mass is 10.4. The minimum absolute atomic E-state index is 0.115. The molecule has 6 nitrogen and oxygen atoms in total. The fourth-order valence-electron chi connectivity index (χ4n) is 1.48. The molecule has 0 amide bonds. The molecule has 0 bridgehead atoms. The molecule has 0 saturated heterocycles. The van der Waals surface area contributed by atoms with Crippen molar-refractivity contribution in [1.82, 2.24) is 20.3 Å². The summed E-state index contributed by atoms with van der Waals surface area (Å²) >= 11 is 7.13. The van der Waals surface area contributed by atoms with Crippen molar-refractivity contribution in [3.05, 3.63) is 21.8 Å². The van der Waals surface area contributed by atoms with E-state index >= 15 is 0 Å². The van der Waals surface area contributed by atoms with Gasteiger partial charge in [-0.25, -0.2) is 0 Å². The number of nitrogens with one attached hydrogen (secondary N) is 1. The van der Waals surface area contributed by atoms with Gasteiger partial charge in [0.2, 0.25) is 16.8 Å². The number of aromatic nitrogens is 4. The zero-order valence-corrected chi connectivity index (χ0v) is 15.5. The highest BCUT2D eigenvalue weighted by Crippen LogP contribution is 2.31. The van der Waals surface area contributed by atoms with Gasteiger partial charge in [0.25, 0.3) is 0 Å². The molecular weight excluding hydrogens is 451 g/mol. The summed E-state index contributed by atoms with van der Waals surface area (Å²) in [6.07, 6.45) is -4.30. The molecule has 0 spiro atoms. The van der Waals surface area contributed by atoms with Gasteiger partial charge in [0.15, 0.2) is 4.34 Å². The third-order valence-corrected chi connectivity index (χ3v) is 6.11. The first kappa shape index (κ1) is 17.6. The third-order valence-electron chi connectivity index (χ3n) is 2.42. The lowest BCUT2D eigenvalue weighted by Gasteiger charge is -2.05. The monoisotopic (exact) mass is 457 g/mol. The Labute approximate surface area is 154 Å². The van der Waals surface area contributed by atoms with Gasteiger partial charge in [-0.1, -0.05) is 28.3 Å². The van der Waals surface area contributed by atoms with Crippen LogP contribution in [0.4, 0.5) is 18.3 Å². The van der Waals surface area contributed by atoms with Gasteiger partial charge in [0.05, 0.1) is 10.6 Å². The Morgan fingerprint density at radius 2 is 2.17 bits per heavy atom. The van der Waals surface area contributed by atoms with E-state index in [4.69, 9.17) is 4.52 Å². The molecule has 0 fully saturated rings. The van der Waals surface area contributed by atoms with Crippen LogP contribution in [0.2, 0.25) is 0 Å². The van der Waals surface area contributed by atoms with Crippen LogP contribution in [-0.4, -0.2) is 33.1 Å². The predicted molar refractivity (Wildman–Crippen MR) is 89.3 cm³/mol. The molecule has 1 N–H and O–H groups in total. The number of thioether (sulfide) groups is 1. The van der Waals surface area contributed by atoms with Crippen molar-refractivity contribution in [2.24, 2.45) is 0 Å². The maximum absolute atomic E-state index is 12.1. The molecule has 0 aliphatic carbocycles. The van der Waals surface area contributed by atoms with Gasteiger partial charge in [0, 0.05) is 9.85 Å². The summed E-state index contributed by atoms with van der Waals surface area (Å²) in [6, 6.07) is 1.88. The Kier molecular flexibility index (Phi) is 5.42. The van der Waals surface area contributed by atoms with Crippen LogP contribution in [0.25, 0.3) is 10.7 Å². The molecular formula is C11H7BrF3N5OS3. The second-order valence-corrected chi connectivity index (χ2v) is 8.30. The van der Waals surface area contributed by atoms with Gasteiger partial charge in [-0.3, -0.25) is 0 Å². The quantitative estimate of drug-likeness (QED) is 0.538. The lowest BCUT2D eigenvalue weighted by molar-refractivity contribution is -0.115. The van der Waals surface area contributed by atoms with Crippen LogP contribution in [0, 0.1) is 0 Å². The fraction of sp³-hybridized carbons (Fsp3) is 0.273. The Balaban J connectivity index is 1.55. The van der Waals surface area contributed by atoms with Crippen LogP contribution in [0.5, 0.6) is 0 Å². The van der Waals surface area contributed by atoms with E-state index in [1.165, 1.54) is 23.1 Å². The molecule has 24 heavy (non-hydrogen) atoms. The van der Waals surface area contributed by atoms with Gasteiger partial charge in [-0.15, -0.1) is 21.5 Å². The van der Waals surface area contributed by atoms with Crippen molar-refractivity contribution in [3.8, 4) is 10.7 Å². The molecule has 0 aromatic carbocycles. The second kappa shape index (κ2) is 7.37. The van der Waals surface area contributed by atoms with E-state index in [1.807, 2.05) is 11.4 Å². The molecule has 13 heteroatoms. The molecule has 0 atom stereocenters. The minimum atomic E-state index is -4.30. The highest BCUT2D eigenvalue weighted by Gasteiger charge is 2.27. The van der Waals surface area contributed by atoms with Crippen molar-refractivity contribution >= 4 is 55.5 Å². The van der Waals surface area contributed by atoms with Crippen molar-refractivity contribution in [2.75, 3.05) is 11.9 Å². The largest absolute Gasteiger partial charge is 0.405 e. The normalized spacial score (nSPS) is 11.8. The lowest BCUT2D eigenvalue weighted by Crippen LogP contribution is -2.21. The van der Waals surface area contributed by atoms with E-state index in [1.54, 1.807) is 0 Å². The summed E-state index contributed by atoms with van der Waals surface area (Å²) < 4.78 is 43.0. The first-order valence-electron chi connectivity index (χ1n) is 6.23. The van der Waals surface area contributed by atoms with Crippen molar-refractivity contribution in [3.63, 3.8) is 0 Å². The maximum atomic E-state index is 12.1. The second-order valence-electron chi connectivity index (χ2n) is 4.27. The summed E-state index contributed by atoms with van der Waals surface area (Å²) in [5, 5.41) is 15.6. The summed E-state index contributed by atoms with van der Waals surface area (Å²) in [7, 11) is 0. The number of anilines is 1. The average Bonchev–Trinajstić information content (AvgIpc) is 3.22. The van der Waals surface area contributed by atoms with Gasteiger partial charge in [-0.05, 0) is 22.0 Å². The molecule has 3 aromatic heterocycles. The number of alkyl halides is 3. The third kappa shape index (κ3) is 4.91. The summed E-state index contributed by atoms with van der Waals surface area (Å²) in [6.45, 7) is -1.14. The van der Waals surface area contributed by atoms with Crippen LogP contribution < -0.4 is 5.32 Å². The molecule has 3 rings (SSSR count). The number of halogens is 4. The van der Waals surface area contributed by atoms with Gasteiger partial charge in [0.1, 0.15) is 6.54 Å².